The second-order valence-corrected chi connectivity index (χ2v) is 7.48. The molecule has 0 radical (unpaired) electrons. The number of nitrogens with zero attached hydrogens (tertiary/aromatic N) is 5. The van der Waals surface area contributed by atoms with Gasteiger partial charge in [0, 0.05) is 31.9 Å². The number of aliphatic imine (C=N–C) groups is 1. The monoisotopic (exact) mass is 530 g/mol. The Bertz CT molecular complexity index is 810. The first kappa shape index (κ1) is 24.5. The Labute approximate surface area is 195 Å². The van der Waals surface area contributed by atoms with E-state index in [1.165, 1.54) is 12.1 Å². The highest BCUT2D eigenvalue weighted by Crippen LogP contribution is 2.23. The topological polar surface area (TPSA) is 57.9 Å². The molecule has 0 spiro atoms. The van der Waals surface area contributed by atoms with Gasteiger partial charge in [-0.3, -0.25) is 9.67 Å². The summed E-state index contributed by atoms with van der Waals surface area (Å²) in [5.74, 6) is 0.650. The van der Waals surface area contributed by atoms with Crippen molar-refractivity contribution in [3.63, 3.8) is 0 Å². The number of nitrogens with one attached hydrogen (secondary N) is 1. The van der Waals surface area contributed by atoms with Gasteiger partial charge in [0.25, 0.3) is 0 Å². The largest absolute Gasteiger partial charge is 0.370 e. The molecule has 1 fully saturated rings. The molecule has 30 heavy (non-hydrogen) atoms. The van der Waals surface area contributed by atoms with Crippen molar-refractivity contribution in [2.24, 2.45) is 12.0 Å². The number of guanidine groups is 1. The Balaban J connectivity index is 0.00000320. The Hall–Kier alpha value is -1.72. The highest BCUT2D eigenvalue weighted by molar-refractivity contribution is 14.0. The molecule has 7 nitrogen and oxygen atoms in total. The zero-order valence-corrected chi connectivity index (χ0v) is 20.4. The van der Waals surface area contributed by atoms with E-state index < -0.39 is 0 Å². The number of hydrogen-bond donors (Lipinski definition) is 1. The van der Waals surface area contributed by atoms with Gasteiger partial charge in [-0.25, -0.2) is 4.39 Å². The van der Waals surface area contributed by atoms with Crippen molar-refractivity contribution >= 4 is 29.9 Å². The minimum absolute atomic E-state index is 0. The molecule has 2 heterocycles. The van der Waals surface area contributed by atoms with E-state index in [9.17, 15) is 4.39 Å². The van der Waals surface area contributed by atoms with Crippen LogP contribution in [-0.2, 0) is 11.8 Å². The summed E-state index contributed by atoms with van der Waals surface area (Å²) in [6.45, 7) is 5.58. The maximum absolute atomic E-state index is 13.3. The van der Waals surface area contributed by atoms with E-state index in [0.29, 0.717) is 13.2 Å². The summed E-state index contributed by atoms with van der Waals surface area (Å²) in [7, 11) is 5.94. The van der Waals surface area contributed by atoms with Gasteiger partial charge in [0.15, 0.2) is 5.96 Å². The van der Waals surface area contributed by atoms with Crippen LogP contribution in [0.5, 0.6) is 0 Å². The maximum Gasteiger partial charge on any atom is 0.194 e. The minimum Gasteiger partial charge on any atom is -0.370 e. The predicted octanol–water partition coefficient (Wildman–Crippen LogP) is 2.82. The average molecular weight is 530 g/mol. The lowest BCUT2D eigenvalue weighted by molar-refractivity contribution is -0.00807. The molecule has 1 aromatic heterocycles. The van der Waals surface area contributed by atoms with E-state index in [2.05, 4.69) is 27.1 Å². The third-order valence-electron chi connectivity index (χ3n) is 5.09. The number of benzene rings is 1. The summed E-state index contributed by atoms with van der Waals surface area (Å²) in [6, 6.07) is 6.73. The predicted molar refractivity (Wildman–Crippen MR) is 128 cm³/mol. The van der Waals surface area contributed by atoms with E-state index in [1.807, 2.05) is 45.7 Å². The third-order valence-corrected chi connectivity index (χ3v) is 5.09. The first-order chi connectivity index (χ1) is 14.0. The van der Waals surface area contributed by atoms with Gasteiger partial charge in [-0.05, 0) is 38.7 Å². The zero-order chi connectivity index (χ0) is 20.8. The third kappa shape index (κ3) is 6.39. The summed E-state index contributed by atoms with van der Waals surface area (Å²) in [5, 5.41) is 7.66. The highest BCUT2D eigenvalue weighted by atomic mass is 127. The summed E-state index contributed by atoms with van der Waals surface area (Å²) >= 11 is 0. The Kier molecular flexibility index (Phi) is 9.50. The fraction of sp³-hybridized carbons (Fsp3) is 0.524. The molecule has 1 aliphatic heterocycles. The van der Waals surface area contributed by atoms with Crippen LogP contribution in [0.15, 0.2) is 41.7 Å². The number of aromatic nitrogens is 2. The van der Waals surface area contributed by atoms with Gasteiger partial charge in [-0.2, -0.15) is 5.10 Å². The van der Waals surface area contributed by atoms with Crippen molar-refractivity contribution in [3.8, 4) is 0 Å². The van der Waals surface area contributed by atoms with E-state index in [0.717, 1.165) is 36.7 Å². The quantitative estimate of drug-likeness (QED) is 0.354. The normalized spacial score (nSPS) is 18.3. The van der Waals surface area contributed by atoms with Gasteiger partial charge in [-0.1, -0.05) is 12.1 Å². The first-order valence-electron chi connectivity index (χ1n) is 10.0. The van der Waals surface area contributed by atoms with E-state index in [-0.39, 0.29) is 41.9 Å². The molecule has 2 atom stereocenters. The molecule has 0 saturated carbocycles. The number of morpholine rings is 1. The average Bonchev–Trinajstić information content (AvgIpc) is 3.15. The molecule has 3 rings (SSSR count). The Morgan fingerprint density at radius 3 is 2.70 bits per heavy atom. The second kappa shape index (κ2) is 11.6. The van der Waals surface area contributed by atoms with Crippen molar-refractivity contribution in [2.45, 2.75) is 19.1 Å². The van der Waals surface area contributed by atoms with Crippen molar-refractivity contribution in [1.29, 1.82) is 0 Å². The molecule has 0 amide bonds. The number of aryl methyl sites for hydroxylation is 1. The molecule has 166 valence electrons. The van der Waals surface area contributed by atoms with Crippen molar-refractivity contribution in [1.82, 2.24) is 24.9 Å². The molecule has 2 unspecified atom stereocenters. The molecule has 1 aliphatic rings. The highest BCUT2D eigenvalue weighted by Gasteiger charge is 2.25. The fourth-order valence-electron chi connectivity index (χ4n) is 3.50. The van der Waals surface area contributed by atoms with Crippen LogP contribution in [0.3, 0.4) is 0 Å². The first-order valence-corrected chi connectivity index (χ1v) is 10.0. The van der Waals surface area contributed by atoms with Crippen LogP contribution >= 0.6 is 24.0 Å². The van der Waals surface area contributed by atoms with Crippen molar-refractivity contribution in [3.05, 3.63) is 53.6 Å². The Morgan fingerprint density at radius 1 is 1.37 bits per heavy atom. The van der Waals surface area contributed by atoms with E-state index in [1.54, 1.807) is 4.68 Å². The van der Waals surface area contributed by atoms with Crippen LogP contribution < -0.4 is 5.32 Å². The number of rotatable bonds is 6. The molecule has 1 saturated heterocycles. The second-order valence-electron chi connectivity index (χ2n) is 7.48. The standard InChI is InChI=1S/C21H31FN6O.HI/c1-5-23-21(24-13-19(26(2)3)16-6-8-18(22)9-7-16)28-10-11-29-20(15-28)17-12-25-27(4)14-17;/h6-9,12,14,19-20H,5,10-11,13,15H2,1-4H3,(H,23,24);1H. The van der Waals surface area contributed by atoms with Gasteiger partial charge in [0.05, 0.1) is 31.9 Å². The number of ether oxygens (including phenoxy) is 1. The fourth-order valence-corrected chi connectivity index (χ4v) is 3.50. The van der Waals surface area contributed by atoms with Gasteiger partial charge < -0.3 is 19.9 Å². The lowest BCUT2D eigenvalue weighted by Crippen LogP contribution is -2.48. The summed E-state index contributed by atoms with van der Waals surface area (Å²) < 4.78 is 21.1. The molecule has 1 aromatic carbocycles. The van der Waals surface area contributed by atoms with Gasteiger partial charge in [0.1, 0.15) is 11.9 Å². The molecular formula is C21H32FIN6O. The van der Waals surface area contributed by atoms with Crippen LogP contribution in [-0.4, -0.2) is 72.4 Å². The van der Waals surface area contributed by atoms with Crippen molar-refractivity contribution < 1.29 is 9.13 Å². The molecule has 9 heteroatoms. The zero-order valence-electron chi connectivity index (χ0n) is 18.1. The van der Waals surface area contributed by atoms with Gasteiger partial charge in [0.2, 0.25) is 0 Å². The SMILES string of the molecule is CCNC(=NCC(c1ccc(F)cc1)N(C)C)N1CCOC(c2cnn(C)c2)C1.I. The lowest BCUT2D eigenvalue weighted by atomic mass is 10.1. The molecule has 2 aromatic rings. The van der Waals surface area contributed by atoms with Crippen molar-refractivity contribution in [2.75, 3.05) is 46.9 Å². The minimum atomic E-state index is -0.224. The maximum atomic E-state index is 13.3. The Morgan fingerprint density at radius 2 is 2.10 bits per heavy atom. The van der Waals surface area contributed by atoms with Crippen LogP contribution in [0.25, 0.3) is 0 Å². The van der Waals surface area contributed by atoms with Crippen LogP contribution in [0, 0.1) is 5.82 Å². The van der Waals surface area contributed by atoms with Gasteiger partial charge >= 0.3 is 0 Å². The molecule has 0 bridgehead atoms. The lowest BCUT2D eigenvalue weighted by Gasteiger charge is -2.35. The smallest absolute Gasteiger partial charge is 0.194 e. The molecule has 0 aliphatic carbocycles. The summed E-state index contributed by atoms with van der Waals surface area (Å²) in [5.41, 5.74) is 2.12. The van der Waals surface area contributed by atoms with E-state index >= 15 is 0 Å². The number of likely N-dealkylation sites (N-methyl/N-ethyl adjacent to an activating group) is 1. The van der Waals surface area contributed by atoms with Crippen LogP contribution in [0.1, 0.15) is 30.2 Å². The molecular weight excluding hydrogens is 498 g/mol. The summed E-state index contributed by atoms with van der Waals surface area (Å²) in [6.07, 6.45) is 3.83. The van der Waals surface area contributed by atoms with Crippen LogP contribution in [0.4, 0.5) is 4.39 Å². The van der Waals surface area contributed by atoms with Crippen LogP contribution in [0.2, 0.25) is 0 Å². The van der Waals surface area contributed by atoms with Gasteiger partial charge in [-0.15, -0.1) is 24.0 Å². The number of halogens is 2. The molecule has 1 N–H and O–H groups in total. The number of hydrogen-bond acceptors (Lipinski definition) is 4. The van der Waals surface area contributed by atoms with E-state index in [4.69, 9.17) is 9.73 Å². The summed E-state index contributed by atoms with van der Waals surface area (Å²) in [4.78, 5) is 9.26.